The van der Waals surface area contributed by atoms with Crippen LogP contribution in [0.3, 0.4) is 0 Å². The van der Waals surface area contributed by atoms with Gasteiger partial charge in [0.25, 0.3) is 0 Å². The van der Waals surface area contributed by atoms with Crippen molar-refractivity contribution in [1.29, 1.82) is 0 Å². The number of allylic oxidation sites excluding steroid dienone is 7. The lowest BCUT2D eigenvalue weighted by molar-refractivity contribution is 0.265. The monoisotopic (exact) mass is 202 g/mol. The van der Waals surface area contributed by atoms with Gasteiger partial charge in [0.15, 0.2) is 0 Å². The summed E-state index contributed by atoms with van der Waals surface area (Å²) in [6, 6.07) is 0. The first-order valence-electron chi connectivity index (χ1n) is 5.59. The van der Waals surface area contributed by atoms with Crippen LogP contribution < -0.4 is 0 Å². The van der Waals surface area contributed by atoms with Crippen LogP contribution in [-0.4, -0.2) is 0 Å². The molecule has 1 heteroatoms. The number of rotatable bonds is 2. The fraction of sp³-hybridized carbons (Fsp3) is 0.429. The topological polar surface area (TPSA) is 9.23 Å². The average Bonchev–Trinajstić information content (AvgIpc) is 2.17. The Labute approximate surface area is 91.8 Å². The second kappa shape index (κ2) is 4.09. The van der Waals surface area contributed by atoms with E-state index in [1.165, 1.54) is 0 Å². The maximum Gasteiger partial charge on any atom is 0.122 e. The van der Waals surface area contributed by atoms with E-state index in [-0.39, 0.29) is 5.41 Å². The van der Waals surface area contributed by atoms with Crippen molar-refractivity contribution in [2.45, 2.75) is 33.1 Å². The average molecular weight is 202 g/mol. The lowest BCUT2D eigenvalue weighted by Crippen LogP contribution is -2.12. The van der Waals surface area contributed by atoms with Gasteiger partial charge >= 0.3 is 0 Å². The third-order valence-electron chi connectivity index (χ3n) is 2.67. The standard InChI is InChI=1S/C14H18O/c1-14(2)10-6-9-13(11-14)15-12-7-4-3-5-8-12/h4,6-10H,3,5,11H2,1-2H3. The number of hydrogen-bond donors (Lipinski definition) is 0. The smallest absolute Gasteiger partial charge is 0.122 e. The van der Waals surface area contributed by atoms with Crippen molar-refractivity contribution in [2.75, 3.05) is 0 Å². The zero-order valence-corrected chi connectivity index (χ0v) is 9.49. The Kier molecular flexibility index (Phi) is 2.81. The highest BCUT2D eigenvalue weighted by atomic mass is 16.5. The second-order valence-corrected chi connectivity index (χ2v) is 4.85. The van der Waals surface area contributed by atoms with Crippen molar-refractivity contribution >= 4 is 0 Å². The van der Waals surface area contributed by atoms with Gasteiger partial charge in [-0.2, -0.15) is 0 Å². The fourth-order valence-electron chi connectivity index (χ4n) is 1.87. The summed E-state index contributed by atoms with van der Waals surface area (Å²) in [7, 11) is 0. The molecule has 0 unspecified atom stereocenters. The molecule has 2 rings (SSSR count). The Morgan fingerprint density at radius 3 is 2.80 bits per heavy atom. The molecule has 0 radical (unpaired) electrons. The Morgan fingerprint density at radius 2 is 2.13 bits per heavy atom. The number of ether oxygens (including phenoxy) is 1. The first-order valence-corrected chi connectivity index (χ1v) is 5.59. The molecule has 0 spiro atoms. The van der Waals surface area contributed by atoms with Gasteiger partial charge in [-0.05, 0) is 36.5 Å². The van der Waals surface area contributed by atoms with Gasteiger partial charge in [0.2, 0.25) is 0 Å². The second-order valence-electron chi connectivity index (χ2n) is 4.85. The molecule has 0 aromatic heterocycles. The Balaban J connectivity index is 2.01. The molecule has 2 aliphatic rings. The maximum atomic E-state index is 5.85. The van der Waals surface area contributed by atoms with E-state index in [9.17, 15) is 0 Å². The van der Waals surface area contributed by atoms with Crippen LogP contribution >= 0.6 is 0 Å². The van der Waals surface area contributed by atoms with E-state index in [1.54, 1.807) is 0 Å². The van der Waals surface area contributed by atoms with Crippen LogP contribution in [-0.2, 0) is 4.74 Å². The lowest BCUT2D eigenvalue weighted by atomic mass is 9.85. The minimum atomic E-state index is 0.225. The molecule has 0 aliphatic heterocycles. The molecule has 80 valence electrons. The van der Waals surface area contributed by atoms with E-state index in [0.717, 1.165) is 30.8 Å². The minimum absolute atomic E-state index is 0.225. The summed E-state index contributed by atoms with van der Waals surface area (Å²) in [5.41, 5.74) is 0.225. The molecular formula is C14H18O. The molecule has 0 atom stereocenters. The Morgan fingerprint density at radius 1 is 1.27 bits per heavy atom. The van der Waals surface area contributed by atoms with Crippen molar-refractivity contribution < 1.29 is 4.74 Å². The predicted octanol–water partition coefficient (Wildman–Crippen LogP) is 4.11. The van der Waals surface area contributed by atoms with Gasteiger partial charge in [-0.15, -0.1) is 0 Å². The normalized spacial score (nSPS) is 23.3. The quantitative estimate of drug-likeness (QED) is 0.655. The molecular weight excluding hydrogens is 184 g/mol. The van der Waals surface area contributed by atoms with Crippen molar-refractivity contribution in [3.63, 3.8) is 0 Å². The first kappa shape index (κ1) is 10.3. The Hall–Kier alpha value is -1.24. The van der Waals surface area contributed by atoms with Crippen LogP contribution in [0.15, 0.2) is 48.0 Å². The summed E-state index contributed by atoms with van der Waals surface area (Å²) in [5.74, 6) is 2.07. The summed E-state index contributed by atoms with van der Waals surface area (Å²) in [6.07, 6.45) is 16.0. The lowest BCUT2D eigenvalue weighted by Gasteiger charge is -2.25. The summed E-state index contributed by atoms with van der Waals surface area (Å²) >= 11 is 0. The molecule has 0 aromatic carbocycles. The molecule has 0 fully saturated rings. The highest BCUT2D eigenvalue weighted by Gasteiger charge is 2.20. The highest BCUT2D eigenvalue weighted by Crippen LogP contribution is 2.32. The van der Waals surface area contributed by atoms with Gasteiger partial charge in [0, 0.05) is 6.42 Å². The van der Waals surface area contributed by atoms with Crippen molar-refractivity contribution in [3.05, 3.63) is 48.0 Å². The number of hydrogen-bond acceptors (Lipinski definition) is 1. The van der Waals surface area contributed by atoms with Crippen molar-refractivity contribution in [3.8, 4) is 0 Å². The fourth-order valence-corrected chi connectivity index (χ4v) is 1.87. The van der Waals surface area contributed by atoms with E-state index < -0.39 is 0 Å². The van der Waals surface area contributed by atoms with Crippen LogP contribution in [0.5, 0.6) is 0 Å². The molecule has 15 heavy (non-hydrogen) atoms. The predicted molar refractivity (Wildman–Crippen MR) is 63.2 cm³/mol. The summed E-state index contributed by atoms with van der Waals surface area (Å²) < 4.78 is 5.85. The highest BCUT2D eigenvalue weighted by molar-refractivity contribution is 5.23. The zero-order valence-electron chi connectivity index (χ0n) is 9.49. The van der Waals surface area contributed by atoms with E-state index >= 15 is 0 Å². The molecule has 0 heterocycles. The van der Waals surface area contributed by atoms with Gasteiger partial charge < -0.3 is 4.74 Å². The SMILES string of the molecule is CC1(C)C=CC=C(OC2=CCCC=C2)C1. The van der Waals surface area contributed by atoms with Gasteiger partial charge in [-0.25, -0.2) is 0 Å². The van der Waals surface area contributed by atoms with Crippen LogP contribution in [0.4, 0.5) is 0 Å². The maximum absolute atomic E-state index is 5.85. The van der Waals surface area contributed by atoms with Crippen LogP contribution in [0.2, 0.25) is 0 Å². The molecule has 0 saturated heterocycles. The van der Waals surface area contributed by atoms with Gasteiger partial charge in [0.05, 0.1) is 0 Å². The molecule has 2 aliphatic carbocycles. The Bertz CT molecular complexity index is 354. The largest absolute Gasteiger partial charge is 0.462 e. The van der Waals surface area contributed by atoms with Gasteiger partial charge in [-0.1, -0.05) is 32.1 Å². The molecule has 0 aromatic rings. The van der Waals surface area contributed by atoms with E-state index in [0.29, 0.717) is 0 Å². The van der Waals surface area contributed by atoms with E-state index in [4.69, 9.17) is 4.74 Å². The zero-order chi connectivity index (χ0) is 10.7. The first-order chi connectivity index (χ1) is 7.16. The molecule has 0 saturated carbocycles. The summed E-state index contributed by atoms with van der Waals surface area (Å²) in [5, 5.41) is 0. The summed E-state index contributed by atoms with van der Waals surface area (Å²) in [4.78, 5) is 0. The van der Waals surface area contributed by atoms with E-state index in [1.807, 2.05) is 0 Å². The third-order valence-corrected chi connectivity index (χ3v) is 2.67. The molecule has 1 nitrogen and oxygen atoms in total. The molecule has 0 bridgehead atoms. The van der Waals surface area contributed by atoms with Crippen molar-refractivity contribution in [1.82, 2.24) is 0 Å². The molecule has 0 N–H and O–H groups in total. The van der Waals surface area contributed by atoms with Crippen LogP contribution in [0, 0.1) is 5.41 Å². The molecule has 0 amide bonds. The van der Waals surface area contributed by atoms with Crippen LogP contribution in [0.1, 0.15) is 33.1 Å². The van der Waals surface area contributed by atoms with Crippen LogP contribution in [0.25, 0.3) is 0 Å². The minimum Gasteiger partial charge on any atom is -0.462 e. The third kappa shape index (κ3) is 2.85. The summed E-state index contributed by atoms with van der Waals surface area (Å²) in [6.45, 7) is 4.45. The van der Waals surface area contributed by atoms with Gasteiger partial charge in [-0.3, -0.25) is 0 Å². The van der Waals surface area contributed by atoms with Crippen molar-refractivity contribution in [2.24, 2.45) is 5.41 Å². The van der Waals surface area contributed by atoms with Gasteiger partial charge in [0.1, 0.15) is 11.5 Å². The van der Waals surface area contributed by atoms with E-state index in [2.05, 4.69) is 50.3 Å².